The lowest BCUT2D eigenvalue weighted by atomic mass is 9.45. The molecular formula is C23H35BrO2. The van der Waals surface area contributed by atoms with E-state index in [-0.39, 0.29) is 12.1 Å². The second-order valence-corrected chi connectivity index (χ2v) is 10.7. The Balaban J connectivity index is 1.54. The van der Waals surface area contributed by atoms with Crippen LogP contribution in [0.4, 0.5) is 0 Å². The maximum Gasteiger partial charge on any atom is 0.302 e. The summed E-state index contributed by atoms with van der Waals surface area (Å²) in [5, 5.41) is 1.01. The third kappa shape index (κ3) is 2.91. The lowest BCUT2D eigenvalue weighted by molar-refractivity contribution is -0.158. The highest BCUT2D eigenvalue weighted by atomic mass is 79.9. The van der Waals surface area contributed by atoms with Crippen LogP contribution in [-0.2, 0) is 9.53 Å². The van der Waals surface area contributed by atoms with E-state index in [2.05, 4.69) is 35.9 Å². The Labute approximate surface area is 167 Å². The number of esters is 1. The predicted octanol–water partition coefficient (Wildman–Crippen LogP) is 6.28. The molecule has 2 nitrogen and oxygen atoms in total. The number of halogens is 1. The lowest BCUT2D eigenvalue weighted by Gasteiger charge is -2.60. The Kier molecular flexibility index (Phi) is 5.08. The van der Waals surface area contributed by atoms with Gasteiger partial charge in [0.05, 0.1) is 0 Å². The van der Waals surface area contributed by atoms with Gasteiger partial charge in [-0.2, -0.15) is 0 Å². The molecule has 26 heavy (non-hydrogen) atoms. The molecule has 4 aliphatic rings. The average molecular weight is 423 g/mol. The van der Waals surface area contributed by atoms with Crippen molar-refractivity contribution >= 4 is 21.9 Å². The third-order valence-electron chi connectivity index (χ3n) is 9.12. The molecule has 0 spiro atoms. The van der Waals surface area contributed by atoms with Crippen molar-refractivity contribution in [3.05, 3.63) is 11.6 Å². The van der Waals surface area contributed by atoms with Crippen molar-refractivity contribution in [3.63, 3.8) is 0 Å². The van der Waals surface area contributed by atoms with Gasteiger partial charge >= 0.3 is 5.97 Å². The first-order chi connectivity index (χ1) is 12.4. The topological polar surface area (TPSA) is 26.3 Å². The van der Waals surface area contributed by atoms with E-state index in [1.807, 2.05) is 0 Å². The first-order valence-electron chi connectivity index (χ1n) is 10.8. The van der Waals surface area contributed by atoms with E-state index in [9.17, 15) is 4.79 Å². The Hall–Kier alpha value is -0.310. The van der Waals surface area contributed by atoms with E-state index in [4.69, 9.17) is 4.74 Å². The van der Waals surface area contributed by atoms with E-state index in [1.165, 1.54) is 44.9 Å². The number of ether oxygens (including phenoxy) is 1. The predicted molar refractivity (Wildman–Crippen MR) is 109 cm³/mol. The molecule has 0 heterocycles. The zero-order valence-corrected chi connectivity index (χ0v) is 18.3. The van der Waals surface area contributed by atoms with Crippen LogP contribution < -0.4 is 0 Å². The SMILES string of the molecule is CC(=O)OC1CCC2(C)C(CCC3C4CC/C(=C\CBr)C4(C)CCC32)C1. The summed E-state index contributed by atoms with van der Waals surface area (Å²) in [5.74, 6) is 3.36. The van der Waals surface area contributed by atoms with Gasteiger partial charge in [-0.05, 0) is 92.3 Å². The first-order valence-corrected chi connectivity index (χ1v) is 11.9. The van der Waals surface area contributed by atoms with Crippen LogP contribution in [-0.4, -0.2) is 17.4 Å². The van der Waals surface area contributed by atoms with Gasteiger partial charge in [-0.25, -0.2) is 0 Å². The fourth-order valence-corrected chi connectivity index (χ4v) is 8.23. The van der Waals surface area contributed by atoms with Gasteiger partial charge < -0.3 is 4.74 Å². The molecule has 4 saturated carbocycles. The largest absolute Gasteiger partial charge is 0.463 e. The van der Waals surface area contributed by atoms with Crippen molar-refractivity contribution in [1.29, 1.82) is 0 Å². The van der Waals surface area contributed by atoms with E-state index in [0.29, 0.717) is 10.8 Å². The number of fused-ring (bicyclic) bond motifs is 5. The summed E-state index contributed by atoms with van der Waals surface area (Å²) in [7, 11) is 0. The fraction of sp³-hybridized carbons (Fsp3) is 0.870. The van der Waals surface area contributed by atoms with Crippen molar-refractivity contribution in [2.45, 2.75) is 84.7 Å². The van der Waals surface area contributed by atoms with Gasteiger partial charge in [0.2, 0.25) is 0 Å². The molecule has 146 valence electrons. The molecule has 0 amide bonds. The van der Waals surface area contributed by atoms with Crippen LogP contribution in [0.3, 0.4) is 0 Å². The molecule has 0 saturated heterocycles. The van der Waals surface area contributed by atoms with Gasteiger partial charge in [-0.3, -0.25) is 4.79 Å². The number of alkyl halides is 1. The highest BCUT2D eigenvalue weighted by molar-refractivity contribution is 9.09. The van der Waals surface area contributed by atoms with Crippen LogP contribution in [0.5, 0.6) is 0 Å². The molecule has 3 heteroatoms. The first kappa shape index (κ1) is 19.0. The Bertz CT molecular complexity index is 599. The van der Waals surface area contributed by atoms with E-state index < -0.39 is 0 Å². The molecule has 0 bridgehead atoms. The van der Waals surface area contributed by atoms with Crippen LogP contribution in [0.2, 0.25) is 0 Å². The van der Waals surface area contributed by atoms with E-state index in [1.54, 1.807) is 12.5 Å². The number of allylic oxidation sites excluding steroid dienone is 2. The summed E-state index contributed by atoms with van der Waals surface area (Å²) >= 11 is 3.63. The standard InChI is InChI=1S/C23H35BrO2/c1-15(25)26-18-8-11-23(3)17(14-18)4-6-19-20-7-5-16(10-13-24)22(20,2)12-9-21(19)23/h10,17-21H,4-9,11-14H2,1-3H3/b16-10+. The van der Waals surface area contributed by atoms with Gasteiger partial charge in [-0.15, -0.1) is 0 Å². The van der Waals surface area contributed by atoms with Gasteiger partial charge in [0.15, 0.2) is 0 Å². The van der Waals surface area contributed by atoms with Gasteiger partial charge in [-0.1, -0.05) is 41.4 Å². The molecule has 0 aromatic carbocycles. The minimum Gasteiger partial charge on any atom is -0.463 e. The fourth-order valence-electron chi connectivity index (χ4n) is 7.84. The van der Waals surface area contributed by atoms with Crippen molar-refractivity contribution in [3.8, 4) is 0 Å². The molecule has 0 aromatic heterocycles. The van der Waals surface area contributed by atoms with E-state index in [0.717, 1.165) is 41.8 Å². The second kappa shape index (κ2) is 6.94. The number of carbonyl (C=O) groups excluding carboxylic acids is 1. The molecule has 7 unspecified atom stereocenters. The summed E-state index contributed by atoms with van der Waals surface area (Å²) < 4.78 is 5.60. The Morgan fingerprint density at radius 3 is 2.69 bits per heavy atom. The Morgan fingerprint density at radius 2 is 1.96 bits per heavy atom. The van der Waals surface area contributed by atoms with Crippen molar-refractivity contribution in [2.24, 2.45) is 34.5 Å². The molecular weight excluding hydrogens is 388 g/mol. The normalized spacial score (nSPS) is 49.2. The summed E-state index contributed by atoms with van der Waals surface area (Å²) in [5.41, 5.74) is 2.68. The molecule has 4 rings (SSSR count). The van der Waals surface area contributed by atoms with Gasteiger partial charge in [0, 0.05) is 12.3 Å². The number of rotatable bonds is 2. The van der Waals surface area contributed by atoms with Crippen LogP contribution >= 0.6 is 15.9 Å². The monoisotopic (exact) mass is 422 g/mol. The molecule has 7 atom stereocenters. The van der Waals surface area contributed by atoms with Crippen LogP contribution in [0, 0.1) is 34.5 Å². The van der Waals surface area contributed by atoms with E-state index >= 15 is 0 Å². The zero-order chi connectivity index (χ0) is 18.5. The maximum atomic E-state index is 11.4. The lowest BCUT2D eigenvalue weighted by Crippen LogP contribution is -2.53. The zero-order valence-electron chi connectivity index (χ0n) is 16.7. The van der Waals surface area contributed by atoms with Crippen LogP contribution in [0.15, 0.2) is 11.6 Å². The highest BCUT2D eigenvalue weighted by Crippen LogP contribution is 2.67. The van der Waals surface area contributed by atoms with Crippen molar-refractivity contribution in [1.82, 2.24) is 0 Å². The second-order valence-electron chi connectivity index (χ2n) is 10.0. The molecule has 0 aromatic rings. The molecule has 0 aliphatic heterocycles. The third-order valence-corrected chi connectivity index (χ3v) is 9.45. The molecule has 0 radical (unpaired) electrons. The van der Waals surface area contributed by atoms with Crippen LogP contribution in [0.25, 0.3) is 0 Å². The maximum absolute atomic E-state index is 11.4. The average Bonchev–Trinajstić information content (AvgIpc) is 2.92. The summed E-state index contributed by atoms with van der Waals surface area (Å²) in [4.78, 5) is 11.4. The van der Waals surface area contributed by atoms with Gasteiger partial charge in [0.1, 0.15) is 6.10 Å². The summed E-state index contributed by atoms with van der Waals surface area (Å²) in [6.45, 7) is 6.72. The number of hydrogen-bond donors (Lipinski definition) is 0. The summed E-state index contributed by atoms with van der Waals surface area (Å²) in [6.07, 6.45) is 14.4. The Morgan fingerprint density at radius 1 is 1.15 bits per heavy atom. The van der Waals surface area contributed by atoms with Crippen molar-refractivity contribution < 1.29 is 9.53 Å². The number of hydrogen-bond acceptors (Lipinski definition) is 2. The molecule has 4 fully saturated rings. The molecule has 4 aliphatic carbocycles. The minimum atomic E-state index is -0.0993. The van der Waals surface area contributed by atoms with Crippen molar-refractivity contribution in [2.75, 3.05) is 5.33 Å². The quantitative estimate of drug-likeness (QED) is 0.297. The highest BCUT2D eigenvalue weighted by Gasteiger charge is 2.59. The van der Waals surface area contributed by atoms with Crippen LogP contribution in [0.1, 0.15) is 78.6 Å². The smallest absolute Gasteiger partial charge is 0.302 e. The minimum absolute atomic E-state index is 0.0993. The summed E-state index contributed by atoms with van der Waals surface area (Å²) in [6, 6.07) is 0. The number of carbonyl (C=O) groups is 1. The van der Waals surface area contributed by atoms with Gasteiger partial charge in [0.25, 0.3) is 0 Å². The molecule has 0 N–H and O–H groups in total.